The first-order chi connectivity index (χ1) is 18.7. The maximum absolute atomic E-state index is 13.6. The molecule has 5 rings (SSSR count). The van der Waals surface area contributed by atoms with E-state index in [1.165, 1.54) is 32.0 Å². The van der Waals surface area contributed by atoms with Gasteiger partial charge in [-0.25, -0.2) is 4.98 Å². The van der Waals surface area contributed by atoms with Crippen LogP contribution in [0.2, 0.25) is 0 Å². The predicted octanol–water partition coefficient (Wildman–Crippen LogP) is 4.65. The quantitative estimate of drug-likeness (QED) is 0.367. The number of alkyl halides is 3. The summed E-state index contributed by atoms with van der Waals surface area (Å²) in [5.41, 5.74) is 0.0628. The molecule has 11 heteroatoms. The van der Waals surface area contributed by atoms with Gasteiger partial charge in [-0.2, -0.15) is 18.2 Å². The van der Waals surface area contributed by atoms with Gasteiger partial charge in [-0.05, 0) is 42.7 Å². The Morgan fingerprint density at radius 3 is 2.44 bits per heavy atom. The summed E-state index contributed by atoms with van der Waals surface area (Å²) in [7, 11) is 0. The van der Waals surface area contributed by atoms with Gasteiger partial charge < -0.3 is 19.3 Å². The third kappa shape index (κ3) is 5.44. The van der Waals surface area contributed by atoms with E-state index in [1.807, 2.05) is 12.1 Å². The summed E-state index contributed by atoms with van der Waals surface area (Å²) >= 11 is 0. The summed E-state index contributed by atoms with van der Waals surface area (Å²) in [5.74, 6) is 1.32. The lowest BCUT2D eigenvalue weighted by Gasteiger charge is -2.31. The molecular weight excluding hydrogens is 509 g/mol. The average molecular weight is 539 g/mol. The molecule has 3 aromatic heterocycles. The lowest BCUT2D eigenvalue weighted by molar-refractivity contribution is -0.186. The van der Waals surface area contributed by atoms with E-state index in [-0.39, 0.29) is 29.3 Å². The third-order valence-electron chi connectivity index (χ3n) is 7.37. The molecule has 0 amide bonds. The van der Waals surface area contributed by atoms with E-state index in [0.717, 1.165) is 37.6 Å². The van der Waals surface area contributed by atoms with Crippen LogP contribution in [0.15, 0.2) is 70.2 Å². The number of nitrogens with zero attached hydrogens (tertiary/aromatic N) is 5. The monoisotopic (exact) mass is 538 g/mol. The second-order valence-corrected chi connectivity index (χ2v) is 9.83. The maximum Gasteiger partial charge on any atom is 0.398 e. The van der Waals surface area contributed by atoms with Crippen molar-refractivity contribution in [3.63, 3.8) is 0 Å². The molecule has 0 saturated carbocycles. The minimum absolute atomic E-state index is 0.0749. The lowest BCUT2D eigenvalue weighted by atomic mass is 9.79. The molecule has 1 unspecified atom stereocenters. The molecule has 4 aromatic rings. The maximum atomic E-state index is 13.6. The normalized spacial score (nSPS) is 15.8. The molecule has 0 bridgehead atoms. The smallest absolute Gasteiger partial charge is 0.354 e. The Morgan fingerprint density at radius 2 is 1.74 bits per heavy atom. The van der Waals surface area contributed by atoms with Crippen LogP contribution in [0.5, 0.6) is 0 Å². The van der Waals surface area contributed by atoms with E-state index in [4.69, 9.17) is 4.52 Å². The second-order valence-electron chi connectivity index (χ2n) is 9.83. The Kier molecular flexibility index (Phi) is 7.26. The Bertz CT molecular complexity index is 1490. The highest BCUT2D eigenvalue weighted by atomic mass is 19.4. The number of aromatic nitrogens is 4. The van der Waals surface area contributed by atoms with Gasteiger partial charge in [0.25, 0.3) is 11.4 Å². The number of nitrogens with one attached hydrogen (secondary N) is 1. The van der Waals surface area contributed by atoms with Crippen molar-refractivity contribution in [1.82, 2.24) is 25.0 Å². The molecule has 1 aliphatic rings. The number of pyridine rings is 2. The van der Waals surface area contributed by atoms with E-state index in [1.54, 1.807) is 35.2 Å². The van der Waals surface area contributed by atoms with Gasteiger partial charge in [-0.3, -0.25) is 4.79 Å². The molecule has 1 atom stereocenters. The predicted molar refractivity (Wildman–Crippen MR) is 142 cm³/mol. The van der Waals surface area contributed by atoms with Gasteiger partial charge >= 0.3 is 6.18 Å². The van der Waals surface area contributed by atoms with Crippen LogP contribution < -0.4 is 15.8 Å². The lowest BCUT2D eigenvalue weighted by Crippen LogP contribution is -2.43. The number of halogens is 3. The van der Waals surface area contributed by atoms with Gasteiger partial charge in [0.05, 0.1) is 17.5 Å². The summed E-state index contributed by atoms with van der Waals surface area (Å²) < 4.78 is 47.9. The van der Waals surface area contributed by atoms with Crippen molar-refractivity contribution < 1.29 is 17.7 Å². The van der Waals surface area contributed by atoms with Gasteiger partial charge in [-0.1, -0.05) is 36.3 Å². The van der Waals surface area contributed by atoms with E-state index >= 15 is 0 Å². The van der Waals surface area contributed by atoms with Crippen molar-refractivity contribution in [2.24, 2.45) is 0 Å². The van der Waals surface area contributed by atoms with Crippen molar-refractivity contribution in [3.8, 4) is 22.8 Å². The molecule has 1 fully saturated rings. The van der Waals surface area contributed by atoms with Crippen molar-refractivity contribution in [2.45, 2.75) is 38.4 Å². The second kappa shape index (κ2) is 10.6. The van der Waals surface area contributed by atoms with Gasteiger partial charge in [0.15, 0.2) is 0 Å². The van der Waals surface area contributed by atoms with E-state index in [0.29, 0.717) is 17.7 Å². The zero-order valence-electron chi connectivity index (χ0n) is 21.7. The first-order valence-corrected chi connectivity index (χ1v) is 12.8. The van der Waals surface area contributed by atoms with Gasteiger partial charge in [0.2, 0.25) is 5.82 Å². The number of hydrogen-bond acceptors (Lipinski definition) is 7. The summed E-state index contributed by atoms with van der Waals surface area (Å²) in [5, 5.41) is 7.33. The topological polar surface area (TPSA) is 89.1 Å². The fraction of sp³-hybridized carbons (Fsp3) is 0.357. The molecule has 0 radical (unpaired) electrons. The number of rotatable bonds is 7. The van der Waals surface area contributed by atoms with Crippen LogP contribution in [0.25, 0.3) is 22.8 Å². The first kappa shape index (κ1) is 26.6. The molecule has 1 N–H and O–H groups in total. The van der Waals surface area contributed by atoms with E-state index in [9.17, 15) is 18.0 Å². The largest absolute Gasteiger partial charge is 0.398 e. The Hall–Kier alpha value is -3.99. The molecule has 39 heavy (non-hydrogen) atoms. The van der Waals surface area contributed by atoms with Gasteiger partial charge in [0, 0.05) is 50.2 Å². The highest BCUT2D eigenvalue weighted by Crippen LogP contribution is 2.43. The van der Waals surface area contributed by atoms with Crippen molar-refractivity contribution >= 4 is 5.82 Å². The summed E-state index contributed by atoms with van der Waals surface area (Å²) in [6.45, 7) is 6.59. The molecule has 1 saturated heterocycles. The van der Waals surface area contributed by atoms with E-state index in [2.05, 4.69) is 25.3 Å². The third-order valence-corrected chi connectivity index (χ3v) is 7.37. The Balaban J connectivity index is 1.36. The number of benzene rings is 1. The van der Waals surface area contributed by atoms with Crippen LogP contribution in [0.1, 0.15) is 31.4 Å². The van der Waals surface area contributed by atoms with Crippen molar-refractivity contribution in [1.29, 1.82) is 0 Å². The van der Waals surface area contributed by atoms with Crippen molar-refractivity contribution in [2.75, 3.05) is 31.1 Å². The zero-order valence-corrected chi connectivity index (χ0v) is 21.7. The molecule has 8 nitrogen and oxygen atoms in total. The molecular formula is C28H29F3N6O2. The summed E-state index contributed by atoms with van der Waals surface area (Å²) in [4.78, 5) is 23.7. The molecule has 0 aliphatic carbocycles. The highest BCUT2D eigenvalue weighted by molar-refractivity contribution is 5.60. The van der Waals surface area contributed by atoms with Crippen LogP contribution in [0, 0.1) is 0 Å². The molecule has 0 spiro atoms. The first-order valence-electron chi connectivity index (χ1n) is 12.8. The van der Waals surface area contributed by atoms with Crippen LogP contribution in [0.4, 0.5) is 19.0 Å². The average Bonchev–Trinajstić information content (AvgIpc) is 3.44. The number of hydrogen-bond donors (Lipinski definition) is 1. The fourth-order valence-electron chi connectivity index (χ4n) is 4.62. The van der Waals surface area contributed by atoms with Gasteiger partial charge in [-0.15, -0.1) is 0 Å². The zero-order chi connectivity index (χ0) is 27.6. The van der Waals surface area contributed by atoms with Crippen LogP contribution in [-0.4, -0.2) is 52.0 Å². The summed E-state index contributed by atoms with van der Waals surface area (Å²) in [6.07, 6.45) is -1.04. The van der Waals surface area contributed by atoms with Crippen LogP contribution in [-0.2, 0) is 12.0 Å². The standard InChI is InChI=1S/C28H29F3N6O2/c1-3-27(2,28(29,30)31)22-7-4-20(5-8-22)25-34-26(39-35-25)21-6-9-24(38)37(18-21)17-19-10-11-33-23(16-19)36-14-12-32-13-15-36/h4-11,16,18,32H,3,12-15,17H2,1-2H3. The minimum Gasteiger partial charge on any atom is -0.354 e. The molecule has 204 valence electrons. The fourth-order valence-corrected chi connectivity index (χ4v) is 4.62. The molecule has 4 heterocycles. The van der Waals surface area contributed by atoms with Crippen LogP contribution >= 0.6 is 0 Å². The molecule has 1 aliphatic heterocycles. The highest BCUT2D eigenvalue weighted by Gasteiger charge is 2.50. The Labute approximate surface area is 223 Å². The van der Waals surface area contributed by atoms with E-state index < -0.39 is 11.6 Å². The minimum atomic E-state index is -4.37. The Morgan fingerprint density at radius 1 is 1.03 bits per heavy atom. The van der Waals surface area contributed by atoms with Crippen molar-refractivity contribution in [3.05, 3.63) is 82.4 Å². The molecule has 1 aromatic carbocycles. The number of anilines is 1. The SMILES string of the molecule is CCC(C)(c1ccc(-c2noc(-c3ccc(=O)n(Cc4ccnc(N5CCNCC5)c4)c3)n2)cc1)C(F)(F)F. The summed E-state index contributed by atoms with van der Waals surface area (Å²) in [6, 6.07) is 12.9. The number of piperazine rings is 1. The van der Waals surface area contributed by atoms with Gasteiger partial charge in [0.1, 0.15) is 5.82 Å². The van der Waals surface area contributed by atoms with Crippen LogP contribution in [0.3, 0.4) is 0 Å².